The largest absolute Gasteiger partial charge is 0.480 e. The third-order valence-electron chi connectivity index (χ3n) is 2.29. The van der Waals surface area contributed by atoms with Gasteiger partial charge in [-0.15, -0.1) is 11.8 Å². The van der Waals surface area contributed by atoms with E-state index in [1.807, 2.05) is 6.07 Å². The van der Waals surface area contributed by atoms with Crippen molar-refractivity contribution in [3.8, 4) is 6.07 Å². The summed E-state index contributed by atoms with van der Waals surface area (Å²) in [7, 11) is 0. The molecule has 3 nitrogen and oxygen atoms in total. The van der Waals surface area contributed by atoms with Crippen LogP contribution in [-0.4, -0.2) is 15.8 Å². The van der Waals surface area contributed by atoms with Crippen LogP contribution in [0.3, 0.4) is 0 Å². The zero-order chi connectivity index (χ0) is 13.1. The van der Waals surface area contributed by atoms with Gasteiger partial charge in [0.05, 0.1) is 11.6 Å². The number of nitrogens with zero attached hydrogens (tertiary/aromatic N) is 1. The molecule has 5 heteroatoms. The van der Waals surface area contributed by atoms with Gasteiger partial charge in [0, 0.05) is 10.8 Å². The van der Waals surface area contributed by atoms with Crippen molar-refractivity contribution in [2.24, 2.45) is 0 Å². The molecule has 0 radical (unpaired) electrons. The molecular weight excluding hydrogens is 258 g/mol. The summed E-state index contributed by atoms with van der Waals surface area (Å²) < 4.78 is -0.850. The third-order valence-corrected chi connectivity index (χ3v) is 3.99. The number of aliphatic carboxylic acids is 1. The molecule has 1 aromatic rings. The van der Waals surface area contributed by atoms with E-state index < -0.39 is 10.7 Å². The van der Waals surface area contributed by atoms with Gasteiger partial charge in [-0.3, -0.25) is 4.79 Å². The molecule has 0 fully saturated rings. The molecule has 0 aliphatic carbocycles. The van der Waals surface area contributed by atoms with Crippen molar-refractivity contribution < 1.29 is 9.90 Å². The number of nitriles is 1. The van der Waals surface area contributed by atoms with Crippen LogP contribution in [0.2, 0.25) is 5.02 Å². The minimum Gasteiger partial charge on any atom is -0.480 e. The van der Waals surface area contributed by atoms with Crippen molar-refractivity contribution >= 4 is 29.3 Å². The molecule has 90 valence electrons. The Morgan fingerprint density at radius 3 is 2.71 bits per heavy atom. The van der Waals surface area contributed by atoms with E-state index in [2.05, 4.69) is 0 Å². The summed E-state index contributed by atoms with van der Waals surface area (Å²) in [6.07, 6.45) is 0. The molecular formula is C12H12ClNO2S. The van der Waals surface area contributed by atoms with Gasteiger partial charge >= 0.3 is 5.97 Å². The highest BCUT2D eigenvalue weighted by Crippen LogP contribution is 2.31. The van der Waals surface area contributed by atoms with Gasteiger partial charge < -0.3 is 5.11 Å². The minimum atomic E-state index is -0.854. The number of rotatable bonds is 4. The van der Waals surface area contributed by atoms with Crippen LogP contribution in [0, 0.1) is 11.3 Å². The van der Waals surface area contributed by atoms with Crippen LogP contribution >= 0.6 is 23.4 Å². The van der Waals surface area contributed by atoms with Gasteiger partial charge in [0.15, 0.2) is 0 Å². The topological polar surface area (TPSA) is 61.1 Å². The predicted molar refractivity (Wildman–Crippen MR) is 69.2 cm³/mol. The van der Waals surface area contributed by atoms with E-state index in [9.17, 15) is 4.79 Å². The Morgan fingerprint density at radius 1 is 1.59 bits per heavy atom. The fourth-order valence-corrected chi connectivity index (χ4v) is 2.27. The van der Waals surface area contributed by atoms with Crippen LogP contribution < -0.4 is 0 Å². The van der Waals surface area contributed by atoms with E-state index in [1.165, 1.54) is 11.8 Å². The van der Waals surface area contributed by atoms with Gasteiger partial charge in [0.1, 0.15) is 4.75 Å². The van der Waals surface area contributed by atoms with E-state index in [-0.39, 0.29) is 0 Å². The zero-order valence-corrected chi connectivity index (χ0v) is 11.1. The molecule has 1 aromatic carbocycles. The quantitative estimate of drug-likeness (QED) is 0.911. The van der Waals surface area contributed by atoms with Gasteiger partial charge in [0.25, 0.3) is 0 Å². The lowest BCUT2D eigenvalue weighted by Crippen LogP contribution is -2.27. The number of benzene rings is 1. The second-order valence-corrected chi connectivity index (χ2v) is 6.03. The monoisotopic (exact) mass is 269 g/mol. The van der Waals surface area contributed by atoms with Gasteiger partial charge in [-0.05, 0) is 31.5 Å². The highest BCUT2D eigenvalue weighted by atomic mass is 35.5. The van der Waals surface area contributed by atoms with Crippen molar-refractivity contribution in [3.05, 3.63) is 34.3 Å². The molecule has 0 heterocycles. The normalized spacial score (nSPS) is 10.9. The summed E-state index contributed by atoms with van der Waals surface area (Å²) in [6, 6.07) is 7.02. The first-order valence-corrected chi connectivity index (χ1v) is 6.29. The van der Waals surface area contributed by atoms with Crippen LogP contribution in [0.4, 0.5) is 0 Å². The van der Waals surface area contributed by atoms with E-state index in [4.69, 9.17) is 22.0 Å². The number of thioether (sulfide) groups is 1. The van der Waals surface area contributed by atoms with E-state index in [0.717, 1.165) is 5.56 Å². The Hall–Kier alpha value is -1.18. The molecule has 0 bridgehead atoms. The van der Waals surface area contributed by atoms with Crippen molar-refractivity contribution in [3.63, 3.8) is 0 Å². The van der Waals surface area contributed by atoms with Gasteiger partial charge in [-0.1, -0.05) is 17.7 Å². The molecule has 1 rings (SSSR count). The fraction of sp³-hybridized carbons (Fsp3) is 0.333. The molecule has 0 atom stereocenters. The molecule has 1 N–H and O–H groups in total. The first-order valence-electron chi connectivity index (χ1n) is 4.92. The summed E-state index contributed by atoms with van der Waals surface area (Å²) >= 11 is 7.31. The highest BCUT2D eigenvalue weighted by Gasteiger charge is 2.27. The second kappa shape index (κ2) is 5.44. The number of carboxylic acids is 1. The second-order valence-electron chi connectivity index (χ2n) is 4.02. The van der Waals surface area contributed by atoms with Crippen molar-refractivity contribution in [1.82, 2.24) is 0 Å². The van der Waals surface area contributed by atoms with Crippen LogP contribution in [0.1, 0.15) is 25.0 Å². The number of hydrogen-bond donors (Lipinski definition) is 1. The minimum absolute atomic E-state index is 0.498. The molecule has 0 unspecified atom stereocenters. The van der Waals surface area contributed by atoms with Crippen molar-refractivity contribution in [1.29, 1.82) is 5.26 Å². The third kappa shape index (κ3) is 3.65. The first-order chi connectivity index (χ1) is 7.86. The maximum absolute atomic E-state index is 10.9. The van der Waals surface area contributed by atoms with E-state index in [0.29, 0.717) is 16.3 Å². The molecule has 0 aromatic heterocycles. The SMILES string of the molecule is CC(C)(SCc1ccc(C#N)cc1Cl)C(=O)O. The number of carbonyl (C=O) groups is 1. The summed E-state index contributed by atoms with van der Waals surface area (Å²) in [5.41, 5.74) is 1.34. The Kier molecular flexibility index (Phi) is 4.44. The van der Waals surface area contributed by atoms with E-state index in [1.54, 1.807) is 32.0 Å². The highest BCUT2D eigenvalue weighted by molar-refractivity contribution is 8.00. The number of hydrogen-bond acceptors (Lipinski definition) is 3. The summed E-state index contributed by atoms with van der Waals surface area (Å²) in [4.78, 5) is 10.9. The maximum Gasteiger partial charge on any atom is 0.319 e. The predicted octanol–water partition coefficient (Wildman–Crippen LogP) is 3.31. The molecule has 17 heavy (non-hydrogen) atoms. The van der Waals surface area contributed by atoms with Crippen molar-refractivity contribution in [2.75, 3.05) is 0 Å². The lowest BCUT2D eigenvalue weighted by Gasteiger charge is -2.18. The first kappa shape index (κ1) is 13.9. The lowest BCUT2D eigenvalue weighted by molar-refractivity contribution is -0.138. The Bertz CT molecular complexity index is 480. The summed E-state index contributed by atoms with van der Waals surface area (Å²) in [5.74, 6) is -0.351. The lowest BCUT2D eigenvalue weighted by atomic mass is 10.2. The molecule has 0 aliphatic rings. The van der Waals surface area contributed by atoms with E-state index >= 15 is 0 Å². The standard InChI is InChI=1S/C12H12ClNO2S/c1-12(2,11(15)16)17-7-9-4-3-8(6-14)5-10(9)13/h3-5H,7H2,1-2H3,(H,15,16). The number of carboxylic acid groups (broad SMARTS) is 1. The van der Waals surface area contributed by atoms with Crippen LogP contribution in [0.25, 0.3) is 0 Å². The van der Waals surface area contributed by atoms with Gasteiger partial charge in [-0.2, -0.15) is 5.26 Å². The molecule has 0 spiro atoms. The van der Waals surface area contributed by atoms with Crippen LogP contribution in [0.5, 0.6) is 0 Å². The van der Waals surface area contributed by atoms with Crippen molar-refractivity contribution in [2.45, 2.75) is 24.3 Å². The zero-order valence-electron chi connectivity index (χ0n) is 9.53. The Labute approximate surface area is 109 Å². The smallest absolute Gasteiger partial charge is 0.319 e. The van der Waals surface area contributed by atoms with Crippen LogP contribution in [0.15, 0.2) is 18.2 Å². The number of halogens is 1. The maximum atomic E-state index is 10.9. The average molecular weight is 270 g/mol. The molecule has 0 saturated carbocycles. The molecule has 0 saturated heterocycles. The van der Waals surface area contributed by atoms with Gasteiger partial charge in [0.2, 0.25) is 0 Å². The Balaban J connectivity index is 2.78. The fourth-order valence-electron chi connectivity index (χ4n) is 1.05. The Morgan fingerprint density at radius 2 is 2.24 bits per heavy atom. The van der Waals surface area contributed by atoms with Gasteiger partial charge in [-0.25, -0.2) is 0 Å². The molecule has 0 amide bonds. The summed E-state index contributed by atoms with van der Waals surface area (Å²) in [5, 5.41) is 18.2. The summed E-state index contributed by atoms with van der Waals surface area (Å²) in [6.45, 7) is 3.30. The average Bonchev–Trinajstić information content (AvgIpc) is 2.27. The van der Waals surface area contributed by atoms with Crippen LogP contribution in [-0.2, 0) is 10.5 Å². The molecule has 0 aliphatic heterocycles.